The van der Waals surface area contributed by atoms with Gasteiger partial charge in [0, 0.05) is 18.6 Å². The predicted molar refractivity (Wildman–Crippen MR) is 60.2 cm³/mol. The second-order valence-corrected chi connectivity index (χ2v) is 4.13. The minimum atomic E-state index is -4.29. The molecule has 1 atom stereocenters. The van der Waals surface area contributed by atoms with Gasteiger partial charge in [-0.15, -0.1) is 11.6 Å². The average molecular weight is 276 g/mol. The molecule has 0 bridgehead atoms. The number of hydrogen-bond acceptors (Lipinski definition) is 2. The van der Waals surface area contributed by atoms with E-state index in [9.17, 15) is 13.2 Å². The molecule has 0 N–H and O–H groups in total. The summed E-state index contributed by atoms with van der Waals surface area (Å²) in [5.41, 5.74) is 1.12. The Morgan fingerprint density at radius 2 is 1.89 bits per heavy atom. The fourth-order valence-electron chi connectivity index (χ4n) is 1.49. The molecule has 2 heterocycles. The Bertz CT molecular complexity index is 510. The van der Waals surface area contributed by atoms with Crippen molar-refractivity contribution in [3.05, 3.63) is 48.0 Å². The van der Waals surface area contributed by atoms with Crippen molar-refractivity contribution in [2.45, 2.75) is 18.1 Å². The highest BCUT2D eigenvalue weighted by Gasteiger charge is 2.28. The van der Waals surface area contributed by atoms with Crippen LogP contribution in [-0.2, 0) is 6.54 Å². The molecule has 3 nitrogen and oxygen atoms in total. The predicted octanol–water partition coefficient (Wildman–Crippen LogP) is 3.17. The van der Waals surface area contributed by atoms with Gasteiger partial charge in [-0.2, -0.15) is 18.3 Å². The van der Waals surface area contributed by atoms with Gasteiger partial charge in [0.2, 0.25) is 0 Å². The maximum Gasteiger partial charge on any atom is 0.408 e. The van der Waals surface area contributed by atoms with Crippen molar-refractivity contribution in [1.29, 1.82) is 0 Å². The third-order valence-corrected chi connectivity index (χ3v) is 2.74. The Morgan fingerprint density at radius 3 is 2.50 bits per heavy atom. The molecule has 0 aliphatic heterocycles. The molecule has 7 heteroatoms. The number of pyridine rings is 1. The molecule has 0 aliphatic rings. The molecular weight excluding hydrogens is 267 g/mol. The molecule has 2 aromatic rings. The molecule has 0 fully saturated rings. The summed E-state index contributed by atoms with van der Waals surface area (Å²) < 4.78 is 37.3. The van der Waals surface area contributed by atoms with Crippen molar-refractivity contribution in [2.75, 3.05) is 0 Å². The molecule has 96 valence electrons. The first kappa shape index (κ1) is 12.9. The SMILES string of the molecule is FC(F)(F)Cn1ccc(C(Cl)c2ccncc2)n1. The first-order valence-corrected chi connectivity index (χ1v) is 5.53. The molecule has 0 radical (unpaired) electrons. The summed E-state index contributed by atoms with van der Waals surface area (Å²) in [5, 5.41) is 3.24. The first-order chi connectivity index (χ1) is 8.46. The fourth-order valence-corrected chi connectivity index (χ4v) is 1.75. The minimum absolute atomic E-state index is 0.382. The summed E-state index contributed by atoms with van der Waals surface area (Å²) >= 11 is 6.13. The highest BCUT2D eigenvalue weighted by atomic mass is 35.5. The summed E-state index contributed by atoms with van der Waals surface area (Å²) in [6.45, 7) is -1.12. The molecule has 0 saturated heterocycles. The van der Waals surface area contributed by atoms with Crippen molar-refractivity contribution < 1.29 is 13.2 Å². The van der Waals surface area contributed by atoms with Crippen LogP contribution in [0.4, 0.5) is 13.2 Å². The molecule has 0 amide bonds. The molecule has 2 aromatic heterocycles. The lowest BCUT2D eigenvalue weighted by molar-refractivity contribution is -0.142. The van der Waals surface area contributed by atoms with Crippen LogP contribution in [0.3, 0.4) is 0 Å². The van der Waals surface area contributed by atoms with Gasteiger partial charge in [-0.25, -0.2) is 0 Å². The van der Waals surface area contributed by atoms with E-state index in [1.165, 1.54) is 12.3 Å². The second kappa shape index (κ2) is 4.97. The lowest BCUT2D eigenvalue weighted by Gasteiger charge is -2.07. The Labute approximate surface area is 106 Å². The average Bonchev–Trinajstić information content (AvgIpc) is 2.75. The molecule has 1 unspecified atom stereocenters. The van der Waals surface area contributed by atoms with E-state index in [-0.39, 0.29) is 0 Å². The zero-order chi connectivity index (χ0) is 13.2. The minimum Gasteiger partial charge on any atom is -0.265 e. The number of nitrogens with zero attached hydrogens (tertiary/aromatic N) is 3. The van der Waals surface area contributed by atoms with Crippen LogP contribution < -0.4 is 0 Å². The van der Waals surface area contributed by atoms with Crippen molar-refractivity contribution in [1.82, 2.24) is 14.8 Å². The summed E-state index contributed by atoms with van der Waals surface area (Å²) in [5.74, 6) is 0. The number of rotatable bonds is 3. The number of aromatic nitrogens is 3. The van der Waals surface area contributed by atoms with Gasteiger partial charge in [-0.1, -0.05) is 0 Å². The van der Waals surface area contributed by atoms with Crippen LogP contribution >= 0.6 is 11.6 Å². The van der Waals surface area contributed by atoms with Crippen LogP contribution in [0, 0.1) is 0 Å². The highest BCUT2D eigenvalue weighted by Crippen LogP contribution is 2.27. The zero-order valence-electron chi connectivity index (χ0n) is 9.10. The van der Waals surface area contributed by atoms with Crippen molar-refractivity contribution in [2.24, 2.45) is 0 Å². The van der Waals surface area contributed by atoms with E-state index in [4.69, 9.17) is 11.6 Å². The van der Waals surface area contributed by atoms with E-state index >= 15 is 0 Å². The van der Waals surface area contributed by atoms with E-state index in [2.05, 4.69) is 10.1 Å². The van der Waals surface area contributed by atoms with Gasteiger partial charge in [0.25, 0.3) is 0 Å². The lowest BCUT2D eigenvalue weighted by Crippen LogP contribution is -2.18. The second-order valence-electron chi connectivity index (χ2n) is 3.70. The summed E-state index contributed by atoms with van der Waals surface area (Å²) in [6.07, 6.45) is 0.107. The van der Waals surface area contributed by atoms with E-state index in [0.717, 1.165) is 10.2 Å². The summed E-state index contributed by atoms with van der Waals surface area (Å²) in [4.78, 5) is 3.84. The number of hydrogen-bond donors (Lipinski definition) is 0. The maximum atomic E-state index is 12.2. The van der Waals surface area contributed by atoms with Crippen LogP contribution in [0.5, 0.6) is 0 Å². The van der Waals surface area contributed by atoms with Crippen LogP contribution in [0.25, 0.3) is 0 Å². The Hall–Kier alpha value is -1.56. The van der Waals surface area contributed by atoms with Gasteiger partial charge in [0.05, 0.1) is 5.69 Å². The Morgan fingerprint density at radius 1 is 1.22 bits per heavy atom. The van der Waals surface area contributed by atoms with Crippen LogP contribution in [0.15, 0.2) is 36.8 Å². The third-order valence-electron chi connectivity index (χ3n) is 2.26. The summed E-state index contributed by atoms with van der Waals surface area (Å²) in [7, 11) is 0. The molecule has 18 heavy (non-hydrogen) atoms. The van der Waals surface area contributed by atoms with Crippen LogP contribution in [0.1, 0.15) is 16.6 Å². The topological polar surface area (TPSA) is 30.7 Å². The fraction of sp³-hybridized carbons (Fsp3) is 0.273. The van der Waals surface area contributed by atoms with Gasteiger partial charge in [-0.05, 0) is 23.8 Å². The number of alkyl halides is 4. The standard InChI is InChI=1S/C11H9ClF3N3/c12-10(8-1-4-16-5-2-8)9-3-6-18(17-9)7-11(13,14)15/h1-6,10H,7H2. The third kappa shape index (κ3) is 3.22. The first-order valence-electron chi connectivity index (χ1n) is 5.10. The van der Waals surface area contributed by atoms with Gasteiger partial charge >= 0.3 is 6.18 Å². The van der Waals surface area contributed by atoms with Crippen molar-refractivity contribution in [3.8, 4) is 0 Å². The largest absolute Gasteiger partial charge is 0.408 e. The molecule has 0 saturated carbocycles. The van der Waals surface area contributed by atoms with Gasteiger partial charge in [0.1, 0.15) is 11.9 Å². The molecule has 0 spiro atoms. The van der Waals surface area contributed by atoms with Crippen molar-refractivity contribution >= 4 is 11.6 Å². The number of halogens is 4. The zero-order valence-corrected chi connectivity index (χ0v) is 9.86. The molecule has 2 rings (SSSR count). The maximum absolute atomic E-state index is 12.2. The Balaban J connectivity index is 2.15. The lowest BCUT2D eigenvalue weighted by atomic mass is 10.1. The van der Waals surface area contributed by atoms with E-state index in [1.807, 2.05) is 0 Å². The van der Waals surface area contributed by atoms with E-state index < -0.39 is 18.1 Å². The van der Waals surface area contributed by atoms with Gasteiger partial charge < -0.3 is 0 Å². The molecule has 0 aliphatic carbocycles. The van der Waals surface area contributed by atoms with Crippen molar-refractivity contribution in [3.63, 3.8) is 0 Å². The van der Waals surface area contributed by atoms with Crippen LogP contribution in [-0.4, -0.2) is 20.9 Å². The van der Waals surface area contributed by atoms with Gasteiger partial charge in [0.15, 0.2) is 0 Å². The van der Waals surface area contributed by atoms with Crippen LogP contribution in [0.2, 0.25) is 0 Å². The summed E-state index contributed by atoms with van der Waals surface area (Å²) in [6, 6.07) is 4.87. The highest BCUT2D eigenvalue weighted by molar-refractivity contribution is 6.22. The quantitative estimate of drug-likeness (QED) is 0.806. The monoisotopic (exact) mass is 275 g/mol. The van der Waals surface area contributed by atoms with Gasteiger partial charge in [-0.3, -0.25) is 9.67 Å². The van der Waals surface area contributed by atoms with E-state index in [1.54, 1.807) is 24.5 Å². The smallest absolute Gasteiger partial charge is 0.265 e. The molecule has 0 aromatic carbocycles. The normalized spacial score (nSPS) is 13.6. The Kier molecular flexibility index (Phi) is 3.56. The van der Waals surface area contributed by atoms with E-state index in [0.29, 0.717) is 5.69 Å². The molecular formula is C11H9ClF3N3.